The normalized spacial score (nSPS) is 30.1. The van der Waals surface area contributed by atoms with Crippen LogP contribution in [0, 0.1) is 0 Å². The molecule has 1 saturated heterocycles. The number of aliphatic hydroxyl groups is 2. The Bertz CT molecular complexity index is 628. The molecule has 0 saturated carbocycles. The monoisotopic (exact) mass is 282 g/mol. The fourth-order valence-corrected chi connectivity index (χ4v) is 2.50. The van der Waals surface area contributed by atoms with Gasteiger partial charge in [-0.1, -0.05) is 0 Å². The maximum atomic E-state index is 13.1. The molecular formula is C12H15FN4O3. The molecule has 2 aromatic heterocycles. The highest BCUT2D eigenvalue weighted by molar-refractivity contribution is 5.86. The molecule has 0 spiro atoms. The van der Waals surface area contributed by atoms with Crippen molar-refractivity contribution < 1.29 is 19.3 Å². The van der Waals surface area contributed by atoms with E-state index in [9.17, 15) is 14.6 Å². The lowest BCUT2D eigenvalue weighted by molar-refractivity contribution is -0.136. The highest BCUT2D eigenvalue weighted by atomic mass is 19.1. The van der Waals surface area contributed by atoms with E-state index in [0.29, 0.717) is 16.9 Å². The number of fused-ring (bicyclic) bond motifs is 1. The number of anilines is 1. The lowest BCUT2D eigenvalue weighted by atomic mass is 10.00. The highest BCUT2D eigenvalue weighted by Gasteiger charge is 2.49. The van der Waals surface area contributed by atoms with Gasteiger partial charge in [-0.05, 0) is 6.07 Å². The number of nitrogens with two attached hydrogens (primary N) is 1. The van der Waals surface area contributed by atoms with E-state index in [1.54, 1.807) is 16.8 Å². The minimum Gasteiger partial charge on any atom is -0.393 e. The number of nitrogen functional groups attached to an aromatic ring is 1. The summed E-state index contributed by atoms with van der Waals surface area (Å²) >= 11 is 0. The van der Waals surface area contributed by atoms with Crippen molar-refractivity contribution in [3.8, 4) is 0 Å². The van der Waals surface area contributed by atoms with Crippen LogP contribution in [0.15, 0.2) is 18.6 Å². The molecule has 0 amide bonds. The number of halogens is 1. The molecule has 0 aromatic carbocycles. The van der Waals surface area contributed by atoms with E-state index < -0.39 is 31.2 Å². The molecular weight excluding hydrogens is 267 g/mol. The molecule has 0 radical (unpaired) electrons. The number of aliphatic hydroxyl groups excluding tert-OH is 2. The number of alkyl halides is 1. The smallest absolute Gasteiger partial charge is 0.148 e. The van der Waals surface area contributed by atoms with E-state index in [-0.39, 0.29) is 6.42 Å². The first kappa shape index (κ1) is 13.2. The fraction of sp³-hybridized carbons (Fsp3) is 0.500. The van der Waals surface area contributed by atoms with Crippen molar-refractivity contribution >= 4 is 16.9 Å². The Hall–Kier alpha value is -1.77. The Morgan fingerprint density at radius 3 is 3.00 bits per heavy atom. The van der Waals surface area contributed by atoms with Crippen LogP contribution in [-0.2, 0) is 4.74 Å². The highest BCUT2D eigenvalue weighted by Crippen LogP contribution is 2.38. The Morgan fingerprint density at radius 2 is 2.35 bits per heavy atom. The van der Waals surface area contributed by atoms with E-state index in [4.69, 9.17) is 10.5 Å². The Labute approximate surface area is 113 Å². The van der Waals surface area contributed by atoms with E-state index in [1.807, 2.05) is 0 Å². The minimum atomic E-state index is -1.57. The molecule has 1 fully saturated rings. The lowest BCUT2D eigenvalue weighted by Gasteiger charge is -2.26. The second-order valence-electron chi connectivity index (χ2n) is 4.90. The van der Waals surface area contributed by atoms with Gasteiger partial charge >= 0.3 is 0 Å². The van der Waals surface area contributed by atoms with Gasteiger partial charge in [-0.2, -0.15) is 0 Å². The van der Waals surface area contributed by atoms with Crippen molar-refractivity contribution in [1.82, 2.24) is 14.5 Å². The van der Waals surface area contributed by atoms with Crippen LogP contribution in [0.25, 0.3) is 11.0 Å². The molecule has 1 aliphatic heterocycles. The SMILES string of the molecule is Nc1ncnc2c1ccn2[C@H]1C[C@H](O)[C@](CO)(CF)O1. The van der Waals surface area contributed by atoms with Crippen molar-refractivity contribution in [1.29, 1.82) is 0 Å². The van der Waals surface area contributed by atoms with Crippen molar-refractivity contribution in [2.45, 2.75) is 24.4 Å². The summed E-state index contributed by atoms with van der Waals surface area (Å²) in [5, 5.41) is 19.9. The van der Waals surface area contributed by atoms with E-state index in [2.05, 4.69) is 9.97 Å². The van der Waals surface area contributed by atoms with Gasteiger partial charge in [0.05, 0.1) is 18.1 Å². The summed E-state index contributed by atoms with van der Waals surface area (Å²) in [6.07, 6.45) is 1.49. The number of hydrogen-bond donors (Lipinski definition) is 3. The maximum Gasteiger partial charge on any atom is 0.148 e. The van der Waals surface area contributed by atoms with E-state index >= 15 is 0 Å². The third kappa shape index (κ3) is 1.76. The second kappa shape index (κ2) is 4.65. The topological polar surface area (TPSA) is 106 Å². The van der Waals surface area contributed by atoms with Gasteiger partial charge in [0.1, 0.15) is 36.3 Å². The third-order valence-corrected chi connectivity index (χ3v) is 3.75. The van der Waals surface area contributed by atoms with Gasteiger partial charge in [-0.25, -0.2) is 14.4 Å². The molecule has 0 unspecified atom stereocenters. The van der Waals surface area contributed by atoms with Crippen LogP contribution in [0.3, 0.4) is 0 Å². The molecule has 108 valence electrons. The standard InChI is InChI=1S/C12H15FN4O3/c13-4-12(5-18)8(19)3-9(20-12)17-2-1-7-10(14)15-6-16-11(7)17/h1-2,6,8-9,18-19H,3-5H2,(H2,14,15,16)/t8-,9+,12+/m0/s1. The molecule has 3 rings (SSSR count). The zero-order valence-corrected chi connectivity index (χ0v) is 10.6. The number of nitrogens with zero attached hydrogens (tertiary/aromatic N) is 3. The molecule has 3 heterocycles. The summed E-state index contributed by atoms with van der Waals surface area (Å²) in [6.45, 7) is -1.55. The first-order valence-electron chi connectivity index (χ1n) is 6.21. The second-order valence-corrected chi connectivity index (χ2v) is 4.90. The predicted molar refractivity (Wildman–Crippen MR) is 68.5 cm³/mol. The summed E-state index contributed by atoms with van der Waals surface area (Å²) in [6, 6.07) is 1.73. The predicted octanol–water partition coefficient (Wildman–Crippen LogP) is -0.00610. The summed E-state index contributed by atoms with van der Waals surface area (Å²) in [4.78, 5) is 8.01. The molecule has 3 atom stereocenters. The van der Waals surface area contributed by atoms with Gasteiger partial charge in [0.2, 0.25) is 0 Å². The van der Waals surface area contributed by atoms with Crippen LogP contribution >= 0.6 is 0 Å². The van der Waals surface area contributed by atoms with Crippen LogP contribution in [0.5, 0.6) is 0 Å². The summed E-state index contributed by atoms with van der Waals surface area (Å²) in [5.41, 5.74) is 4.72. The van der Waals surface area contributed by atoms with Crippen molar-refractivity contribution in [3.63, 3.8) is 0 Å². The van der Waals surface area contributed by atoms with Crippen molar-refractivity contribution in [2.75, 3.05) is 19.0 Å². The lowest BCUT2D eigenvalue weighted by Crippen LogP contribution is -2.45. The van der Waals surface area contributed by atoms with Gasteiger partial charge in [-0.3, -0.25) is 0 Å². The average Bonchev–Trinajstić information content (AvgIpc) is 3.01. The summed E-state index contributed by atoms with van der Waals surface area (Å²) in [7, 11) is 0. The van der Waals surface area contributed by atoms with Gasteiger partial charge < -0.3 is 25.3 Å². The minimum absolute atomic E-state index is 0.165. The number of hydrogen-bond acceptors (Lipinski definition) is 6. The average molecular weight is 282 g/mol. The van der Waals surface area contributed by atoms with Gasteiger partial charge in [0, 0.05) is 12.6 Å². The Balaban J connectivity index is 1.99. The number of ether oxygens (including phenoxy) is 1. The molecule has 20 heavy (non-hydrogen) atoms. The van der Waals surface area contributed by atoms with Crippen LogP contribution in [-0.4, -0.2) is 49.7 Å². The van der Waals surface area contributed by atoms with Gasteiger partial charge in [-0.15, -0.1) is 0 Å². The summed E-state index contributed by atoms with van der Waals surface area (Å²) in [5.74, 6) is 0.339. The Morgan fingerprint density at radius 1 is 1.55 bits per heavy atom. The maximum absolute atomic E-state index is 13.1. The van der Waals surface area contributed by atoms with Gasteiger partial charge in [0.15, 0.2) is 0 Å². The molecule has 0 aliphatic carbocycles. The number of rotatable bonds is 3. The zero-order chi connectivity index (χ0) is 14.3. The van der Waals surface area contributed by atoms with E-state index in [1.165, 1.54) is 6.33 Å². The van der Waals surface area contributed by atoms with Crippen molar-refractivity contribution in [3.05, 3.63) is 18.6 Å². The fourth-order valence-electron chi connectivity index (χ4n) is 2.50. The summed E-state index contributed by atoms with van der Waals surface area (Å²) < 4.78 is 20.3. The molecule has 2 aromatic rings. The molecule has 7 nitrogen and oxygen atoms in total. The quantitative estimate of drug-likeness (QED) is 0.731. The van der Waals surface area contributed by atoms with Crippen LogP contribution in [0.4, 0.5) is 10.2 Å². The molecule has 1 aliphatic rings. The van der Waals surface area contributed by atoms with Crippen LogP contribution < -0.4 is 5.73 Å². The molecule has 8 heteroatoms. The first-order valence-corrected chi connectivity index (χ1v) is 6.21. The Kier molecular flexibility index (Phi) is 3.08. The largest absolute Gasteiger partial charge is 0.393 e. The number of aromatic nitrogens is 3. The molecule has 4 N–H and O–H groups in total. The van der Waals surface area contributed by atoms with Crippen molar-refractivity contribution in [2.24, 2.45) is 0 Å². The van der Waals surface area contributed by atoms with Crippen LogP contribution in [0.2, 0.25) is 0 Å². The molecule has 0 bridgehead atoms. The van der Waals surface area contributed by atoms with Crippen LogP contribution in [0.1, 0.15) is 12.6 Å². The third-order valence-electron chi connectivity index (χ3n) is 3.75. The van der Waals surface area contributed by atoms with E-state index in [0.717, 1.165) is 0 Å². The zero-order valence-electron chi connectivity index (χ0n) is 10.6. The first-order chi connectivity index (χ1) is 9.61. The van der Waals surface area contributed by atoms with Gasteiger partial charge in [0.25, 0.3) is 0 Å².